The Balaban J connectivity index is 1.35. The number of carbonyl (C=O) groups excluding carboxylic acids is 2. The summed E-state index contributed by atoms with van der Waals surface area (Å²) in [4.78, 5) is 28.2. The summed E-state index contributed by atoms with van der Waals surface area (Å²) in [6.45, 7) is 5.33. The fourth-order valence-corrected chi connectivity index (χ4v) is 3.18. The number of hydrogen-bond donors (Lipinski definition) is 2. The molecule has 1 heterocycles. The van der Waals surface area contributed by atoms with Crippen LogP contribution in [0.15, 0.2) is 54.6 Å². The van der Waals surface area contributed by atoms with Crippen molar-refractivity contribution in [1.29, 1.82) is 0 Å². The summed E-state index contributed by atoms with van der Waals surface area (Å²) < 4.78 is 4.65. The first-order chi connectivity index (χ1) is 13.7. The molecule has 1 saturated heterocycles. The van der Waals surface area contributed by atoms with Crippen LogP contribution in [0.25, 0.3) is 0 Å². The van der Waals surface area contributed by atoms with Gasteiger partial charge in [0.05, 0.1) is 12.7 Å². The van der Waals surface area contributed by atoms with Crippen molar-refractivity contribution in [3.8, 4) is 0 Å². The van der Waals surface area contributed by atoms with Gasteiger partial charge in [0, 0.05) is 50.6 Å². The number of esters is 1. The molecule has 0 atom stereocenters. The van der Waals surface area contributed by atoms with E-state index in [1.165, 1.54) is 12.8 Å². The minimum absolute atomic E-state index is 0.256. The second kappa shape index (κ2) is 9.75. The second-order valence-corrected chi connectivity index (χ2v) is 6.61. The molecule has 2 aromatic carbocycles. The van der Waals surface area contributed by atoms with Crippen LogP contribution in [0.1, 0.15) is 10.4 Å². The Labute approximate surface area is 165 Å². The van der Waals surface area contributed by atoms with Crippen LogP contribution in [0, 0.1) is 0 Å². The highest BCUT2D eigenvalue weighted by Crippen LogP contribution is 2.15. The summed E-state index contributed by atoms with van der Waals surface area (Å²) in [6, 6.07) is 16.8. The van der Waals surface area contributed by atoms with Crippen LogP contribution in [-0.4, -0.2) is 63.3 Å². The van der Waals surface area contributed by atoms with Crippen molar-refractivity contribution >= 4 is 23.4 Å². The Kier molecular flexibility index (Phi) is 6.86. The largest absolute Gasteiger partial charge is 0.465 e. The number of anilines is 2. The van der Waals surface area contributed by atoms with Crippen molar-refractivity contribution in [2.45, 2.75) is 0 Å². The van der Waals surface area contributed by atoms with E-state index in [4.69, 9.17) is 0 Å². The SMILES string of the molecule is COC(=O)c1ccc(NC(=O)NCCN2CCN(c3ccccc3)CC2)cc1. The Hall–Kier alpha value is -3.06. The highest BCUT2D eigenvalue weighted by Gasteiger charge is 2.16. The van der Waals surface area contributed by atoms with Gasteiger partial charge in [-0.25, -0.2) is 9.59 Å². The Morgan fingerprint density at radius 3 is 2.29 bits per heavy atom. The van der Waals surface area contributed by atoms with Gasteiger partial charge in [-0.1, -0.05) is 18.2 Å². The van der Waals surface area contributed by atoms with Crippen LogP contribution in [0.2, 0.25) is 0 Å². The lowest BCUT2D eigenvalue weighted by Gasteiger charge is -2.36. The molecule has 2 N–H and O–H groups in total. The molecule has 2 aromatic rings. The number of piperazine rings is 1. The van der Waals surface area contributed by atoms with Crippen molar-refractivity contribution in [2.75, 3.05) is 56.6 Å². The molecule has 0 spiro atoms. The summed E-state index contributed by atoms with van der Waals surface area (Å²) >= 11 is 0. The van der Waals surface area contributed by atoms with Crippen LogP contribution >= 0.6 is 0 Å². The van der Waals surface area contributed by atoms with E-state index in [2.05, 4.69) is 49.4 Å². The molecule has 0 aromatic heterocycles. The first-order valence-electron chi connectivity index (χ1n) is 9.41. The summed E-state index contributed by atoms with van der Waals surface area (Å²) in [5, 5.41) is 5.64. The number of ether oxygens (including phenoxy) is 1. The molecule has 1 aliphatic heterocycles. The number of amides is 2. The van der Waals surface area contributed by atoms with Gasteiger partial charge >= 0.3 is 12.0 Å². The quantitative estimate of drug-likeness (QED) is 0.751. The lowest BCUT2D eigenvalue weighted by Crippen LogP contribution is -2.48. The molecule has 3 rings (SSSR count). The molecule has 2 amide bonds. The lowest BCUT2D eigenvalue weighted by atomic mass is 10.2. The molecule has 1 fully saturated rings. The van der Waals surface area contributed by atoms with Crippen molar-refractivity contribution < 1.29 is 14.3 Å². The van der Waals surface area contributed by atoms with Gasteiger partial charge in [-0.3, -0.25) is 4.90 Å². The number of para-hydroxylation sites is 1. The van der Waals surface area contributed by atoms with E-state index in [0.717, 1.165) is 32.7 Å². The number of hydrogen-bond acceptors (Lipinski definition) is 5. The van der Waals surface area contributed by atoms with Gasteiger partial charge in [0.2, 0.25) is 0 Å². The average molecular weight is 382 g/mol. The van der Waals surface area contributed by atoms with Gasteiger partial charge in [0.15, 0.2) is 0 Å². The number of benzene rings is 2. The van der Waals surface area contributed by atoms with Crippen LogP contribution in [0.3, 0.4) is 0 Å². The molecular formula is C21H26N4O3. The molecular weight excluding hydrogens is 356 g/mol. The summed E-state index contributed by atoms with van der Waals surface area (Å²) in [5.74, 6) is -0.400. The minimum atomic E-state index is -0.400. The second-order valence-electron chi connectivity index (χ2n) is 6.61. The third-order valence-corrected chi connectivity index (χ3v) is 4.77. The first kappa shape index (κ1) is 19.7. The van der Waals surface area contributed by atoms with E-state index in [-0.39, 0.29) is 6.03 Å². The number of urea groups is 1. The lowest BCUT2D eigenvalue weighted by molar-refractivity contribution is 0.0600. The number of methoxy groups -OCH3 is 1. The standard InChI is InChI=1S/C21H26N4O3/c1-28-20(26)17-7-9-18(10-8-17)23-21(27)22-11-12-24-13-15-25(16-14-24)19-5-3-2-4-6-19/h2-10H,11-16H2,1H3,(H2,22,23,27). The van der Waals surface area contributed by atoms with E-state index < -0.39 is 5.97 Å². The molecule has 0 unspecified atom stereocenters. The number of nitrogens with zero attached hydrogens (tertiary/aromatic N) is 2. The summed E-state index contributed by atoms with van der Waals surface area (Å²) in [6.07, 6.45) is 0. The van der Waals surface area contributed by atoms with Gasteiger partial charge in [0.1, 0.15) is 0 Å². The average Bonchev–Trinajstić information content (AvgIpc) is 2.75. The Morgan fingerprint density at radius 2 is 1.64 bits per heavy atom. The number of rotatable bonds is 6. The fraction of sp³-hybridized carbons (Fsp3) is 0.333. The van der Waals surface area contributed by atoms with Crippen LogP contribution in [0.5, 0.6) is 0 Å². The normalized spacial score (nSPS) is 14.4. The maximum absolute atomic E-state index is 12.0. The Bertz CT molecular complexity index is 772. The first-order valence-corrected chi connectivity index (χ1v) is 9.41. The van der Waals surface area contributed by atoms with Gasteiger partial charge < -0.3 is 20.3 Å². The molecule has 148 valence electrons. The highest BCUT2D eigenvalue weighted by atomic mass is 16.5. The van der Waals surface area contributed by atoms with Gasteiger partial charge in [-0.2, -0.15) is 0 Å². The zero-order valence-corrected chi connectivity index (χ0v) is 16.1. The molecule has 0 bridgehead atoms. The fourth-order valence-electron chi connectivity index (χ4n) is 3.18. The van der Waals surface area contributed by atoms with Crippen molar-refractivity contribution in [3.63, 3.8) is 0 Å². The monoisotopic (exact) mass is 382 g/mol. The van der Waals surface area contributed by atoms with Crippen LogP contribution < -0.4 is 15.5 Å². The van der Waals surface area contributed by atoms with Crippen molar-refractivity contribution in [3.05, 3.63) is 60.2 Å². The third-order valence-electron chi connectivity index (χ3n) is 4.77. The molecule has 0 radical (unpaired) electrons. The summed E-state index contributed by atoms with van der Waals surface area (Å²) in [7, 11) is 1.34. The third kappa shape index (κ3) is 5.47. The zero-order chi connectivity index (χ0) is 19.8. The topological polar surface area (TPSA) is 73.9 Å². The maximum Gasteiger partial charge on any atom is 0.337 e. The molecule has 28 heavy (non-hydrogen) atoms. The number of carbonyl (C=O) groups is 2. The molecule has 7 heteroatoms. The van der Waals surface area contributed by atoms with Crippen molar-refractivity contribution in [1.82, 2.24) is 10.2 Å². The van der Waals surface area contributed by atoms with Gasteiger partial charge in [-0.15, -0.1) is 0 Å². The molecule has 7 nitrogen and oxygen atoms in total. The van der Waals surface area contributed by atoms with E-state index >= 15 is 0 Å². The van der Waals surface area contributed by atoms with E-state index in [1.54, 1.807) is 24.3 Å². The van der Waals surface area contributed by atoms with E-state index in [0.29, 0.717) is 17.8 Å². The van der Waals surface area contributed by atoms with Crippen LogP contribution in [0.4, 0.5) is 16.2 Å². The van der Waals surface area contributed by atoms with Gasteiger partial charge in [-0.05, 0) is 36.4 Å². The van der Waals surface area contributed by atoms with E-state index in [9.17, 15) is 9.59 Å². The zero-order valence-electron chi connectivity index (χ0n) is 16.1. The molecule has 0 saturated carbocycles. The van der Waals surface area contributed by atoms with Gasteiger partial charge in [0.25, 0.3) is 0 Å². The van der Waals surface area contributed by atoms with Crippen LogP contribution in [-0.2, 0) is 4.74 Å². The smallest absolute Gasteiger partial charge is 0.337 e. The highest BCUT2D eigenvalue weighted by molar-refractivity contribution is 5.92. The van der Waals surface area contributed by atoms with E-state index in [1.807, 2.05) is 6.07 Å². The van der Waals surface area contributed by atoms with Crippen molar-refractivity contribution in [2.24, 2.45) is 0 Å². The minimum Gasteiger partial charge on any atom is -0.465 e. The molecule has 1 aliphatic rings. The predicted octanol–water partition coefficient (Wildman–Crippen LogP) is 2.42. The summed E-state index contributed by atoms with van der Waals surface area (Å²) in [5.41, 5.74) is 2.34. The number of nitrogens with one attached hydrogen (secondary N) is 2. The Morgan fingerprint density at radius 1 is 0.964 bits per heavy atom. The molecule has 0 aliphatic carbocycles. The maximum atomic E-state index is 12.0. The predicted molar refractivity (Wildman–Crippen MR) is 110 cm³/mol.